The average molecular weight is 432 g/mol. The molecule has 0 saturated heterocycles. The van der Waals surface area contributed by atoms with Crippen molar-refractivity contribution in [1.82, 2.24) is 10.9 Å². The van der Waals surface area contributed by atoms with Gasteiger partial charge in [0.2, 0.25) is 5.91 Å². The zero-order valence-corrected chi connectivity index (χ0v) is 18.6. The molecule has 1 aliphatic rings. The number of benzene rings is 2. The summed E-state index contributed by atoms with van der Waals surface area (Å²) in [5, 5.41) is 3.79. The summed E-state index contributed by atoms with van der Waals surface area (Å²) in [4.78, 5) is 12.4. The summed E-state index contributed by atoms with van der Waals surface area (Å²) in [6, 6.07) is 13.7. The summed E-state index contributed by atoms with van der Waals surface area (Å²) >= 11 is 11.3. The van der Waals surface area contributed by atoms with Crippen molar-refractivity contribution in [3.05, 3.63) is 58.6 Å². The highest BCUT2D eigenvalue weighted by molar-refractivity contribution is 7.80. The van der Waals surface area contributed by atoms with E-state index in [1.165, 1.54) is 11.1 Å². The SMILES string of the molecule is COc1ccc(Cl)cc1NC(=S)NNC(=O)[C@@H]1C[C@H]1c1ccc(C(C)(C)C)cc1. The summed E-state index contributed by atoms with van der Waals surface area (Å²) in [6.45, 7) is 6.57. The molecule has 0 bridgehead atoms. The minimum Gasteiger partial charge on any atom is -0.495 e. The van der Waals surface area contributed by atoms with Crippen LogP contribution >= 0.6 is 23.8 Å². The van der Waals surface area contributed by atoms with Crippen molar-refractivity contribution in [2.75, 3.05) is 12.4 Å². The first kappa shape index (κ1) is 21.4. The molecule has 0 radical (unpaired) electrons. The molecule has 7 heteroatoms. The van der Waals surface area contributed by atoms with Crippen LogP contribution in [0.2, 0.25) is 5.02 Å². The highest BCUT2D eigenvalue weighted by atomic mass is 35.5. The molecule has 0 aromatic heterocycles. The van der Waals surface area contributed by atoms with Crippen molar-refractivity contribution in [2.45, 2.75) is 38.5 Å². The van der Waals surface area contributed by atoms with Gasteiger partial charge < -0.3 is 10.1 Å². The predicted molar refractivity (Wildman–Crippen MR) is 121 cm³/mol. The minimum atomic E-state index is -0.0721. The van der Waals surface area contributed by atoms with Gasteiger partial charge in [0.15, 0.2) is 5.11 Å². The fourth-order valence-electron chi connectivity index (χ4n) is 3.23. The Morgan fingerprint density at radius 3 is 2.45 bits per heavy atom. The van der Waals surface area contributed by atoms with E-state index in [2.05, 4.69) is 61.2 Å². The number of anilines is 1. The van der Waals surface area contributed by atoms with Gasteiger partial charge in [-0.05, 0) is 59.3 Å². The van der Waals surface area contributed by atoms with Crippen LogP contribution in [-0.2, 0) is 10.2 Å². The van der Waals surface area contributed by atoms with Crippen molar-refractivity contribution in [3.8, 4) is 5.75 Å². The van der Waals surface area contributed by atoms with Crippen molar-refractivity contribution in [2.24, 2.45) is 5.92 Å². The maximum atomic E-state index is 12.4. The Bertz CT molecular complexity index is 909. The van der Waals surface area contributed by atoms with Crippen LogP contribution in [0.3, 0.4) is 0 Å². The summed E-state index contributed by atoms with van der Waals surface area (Å²) in [6.07, 6.45) is 0.838. The zero-order valence-electron chi connectivity index (χ0n) is 17.0. The van der Waals surface area contributed by atoms with Crippen LogP contribution in [0.25, 0.3) is 0 Å². The lowest BCUT2D eigenvalue weighted by atomic mass is 9.86. The van der Waals surface area contributed by atoms with E-state index in [4.69, 9.17) is 28.6 Å². The number of thiocarbonyl (C=S) groups is 1. The summed E-state index contributed by atoms with van der Waals surface area (Å²) in [5.74, 6) is 0.731. The number of amides is 1. The van der Waals surface area contributed by atoms with Gasteiger partial charge in [0.1, 0.15) is 5.75 Å². The van der Waals surface area contributed by atoms with E-state index in [-0.39, 0.29) is 28.3 Å². The molecule has 1 fully saturated rings. The number of methoxy groups -OCH3 is 1. The Morgan fingerprint density at radius 2 is 1.83 bits per heavy atom. The second-order valence-electron chi connectivity index (χ2n) is 8.23. The number of hydrogen-bond acceptors (Lipinski definition) is 3. The molecule has 1 amide bonds. The summed E-state index contributed by atoms with van der Waals surface area (Å²) in [5.41, 5.74) is 8.66. The average Bonchev–Trinajstić information content (AvgIpc) is 3.47. The largest absolute Gasteiger partial charge is 0.495 e. The minimum absolute atomic E-state index is 0.0495. The molecule has 5 nitrogen and oxygen atoms in total. The van der Waals surface area contributed by atoms with E-state index in [0.29, 0.717) is 16.5 Å². The van der Waals surface area contributed by atoms with E-state index in [9.17, 15) is 4.79 Å². The smallest absolute Gasteiger partial charge is 0.242 e. The molecule has 2 aromatic rings. The first-order valence-electron chi connectivity index (χ1n) is 9.50. The maximum Gasteiger partial charge on any atom is 0.242 e. The van der Waals surface area contributed by atoms with Crippen LogP contribution in [0, 0.1) is 5.92 Å². The number of carbonyl (C=O) groups is 1. The first-order valence-corrected chi connectivity index (χ1v) is 10.3. The second kappa shape index (κ2) is 8.59. The predicted octanol–water partition coefficient (Wildman–Crippen LogP) is 4.77. The molecule has 2 aromatic carbocycles. The lowest BCUT2D eigenvalue weighted by Gasteiger charge is -2.19. The quantitative estimate of drug-likeness (QED) is 0.481. The molecule has 29 heavy (non-hydrogen) atoms. The lowest BCUT2D eigenvalue weighted by Crippen LogP contribution is -2.44. The van der Waals surface area contributed by atoms with Gasteiger partial charge in [0, 0.05) is 10.9 Å². The van der Waals surface area contributed by atoms with E-state index in [0.717, 1.165) is 6.42 Å². The molecule has 3 N–H and O–H groups in total. The van der Waals surface area contributed by atoms with Crippen LogP contribution in [0.5, 0.6) is 5.75 Å². The van der Waals surface area contributed by atoms with Crippen LogP contribution < -0.4 is 20.9 Å². The number of nitrogens with one attached hydrogen (secondary N) is 3. The summed E-state index contributed by atoms with van der Waals surface area (Å²) < 4.78 is 5.27. The van der Waals surface area contributed by atoms with E-state index >= 15 is 0 Å². The number of rotatable bonds is 4. The molecule has 154 valence electrons. The van der Waals surface area contributed by atoms with Crippen molar-refractivity contribution in [3.63, 3.8) is 0 Å². The lowest BCUT2D eigenvalue weighted by molar-refractivity contribution is -0.122. The fourth-order valence-corrected chi connectivity index (χ4v) is 3.56. The van der Waals surface area contributed by atoms with Gasteiger partial charge in [0.05, 0.1) is 12.8 Å². The molecule has 0 heterocycles. The van der Waals surface area contributed by atoms with Gasteiger partial charge in [-0.25, -0.2) is 0 Å². The second-order valence-corrected chi connectivity index (χ2v) is 9.08. The Kier molecular flexibility index (Phi) is 6.34. The fraction of sp³-hybridized carbons (Fsp3) is 0.364. The van der Waals surface area contributed by atoms with Gasteiger partial charge in [-0.15, -0.1) is 0 Å². The monoisotopic (exact) mass is 431 g/mol. The third-order valence-corrected chi connectivity index (χ3v) is 5.48. The first-order chi connectivity index (χ1) is 13.7. The number of carbonyl (C=O) groups excluding carboxylic acids is 1. The third-order valence-electron chi connectivity index (χ3n) is 5.04. The topological polar surface area (TPSA) is 62.4 Å². The molecule has 0 aliphatic heterocycles. The van der Waals surface area contributed by atoms with Crippen LogP contribution in [0.1, 0.15) is 44.2 Å². The Morgan fingerprint density at radius 1 is 1.14 bits per heavy atom. The number of halogens is 1. The van der Waals surface area contributed by atoms with Crippen LogP contribution in [-0.4, -0.2) is 18.1 Å². The highest BCUT2D eigenvalue weighted by Crippen LogP contribution is 2.47. The van der Waals surface area contributed by atoms with Crippen molar-refractivity contribution in [1.29, 1.82) is 0 Å². The molecule has 2 atom stereocenters. The normalized spacial score (nSPS) is 18.0. The number of ether oxygens (including phenoxy) is 1. The van der Waals surface area contributed by atoms with E-state index in [1.807, 2.05) is 0 Å². The Labute approximate surface area is 182 Å². The van der Waals surface area contributed by atoms with Gasteiger partial charge in [-0.2, -0.15) is 0 Å². The highest BCUT2D eigenvalue weighted by Gasteiger charge is 2.44. The molecule has 0 unspecified atom stereocenters. The van der Waals surface area contributed by atoms with Gasteiger partial charge in [0.25, 0.3) is 0 Å². The van der Waals surface area contributed by atoms with Crippen molar-refractivity contribution < 1.29 is 9.53 Å². The van der Waals surface area contributed by atoms with Gasteiger partial charge in [-0.3, -0.25) is 15.6 Å². The Balaban J connectivity index is 1.51. The third kappa shape index (κ3) is 5.40. The van der Waals surface area contributed by atoms with Crippen LogP contribution in [0.15, 0.2) is 42.5 Å². The molecule has 0 spiro atoms. The molecule has 3 rings (SSSR count). The van der Waals surface area contributed by atoms with Crippen LogP contribution in [0.4, 0.5) is 5.69 Å². The van der Waals surface area contributed by atoms with E-state index < -0.39 is 0 Å². The summed E-state index contributed by atoms with van der Waals surface area (Å²) in [7, 11) is 1.56. The molecular formula is C22H26ClN3O2S. The Hall–Kier alpha value is -2.31. The molecular weight excluding hydrogens is 406 g/mol. The van der Waals surface area contributed by atoms with Crippen molar-refractivity contribution >= 4 is 40.5 Å². The van der Waals surface area contributed by atoms with Gasteiger partial charge >= 0.3 is 0 Å². The number of hydrazine groups is 1. The standard InChI is InChI=1S/C22H26ClN3O2S/c1-22(2,3)14-7-5-13(6-8-14)16-12-17(16)20(27)25-26-21(29)24-18-11-15(23)9-10-19(18)28-4/h5-11,16-17H,12H2,1-4H3,(H,25,27)(H2,24,26,29)/t16-,17+/m0/s1. The molecule has 1 aliphatic carbocycles. The zero-order chi connectivity index (χ0) is 21.2. The van der Waals surface area contributed by atoms with Gasteiger partial charge in [-0.1, -0.05) is 56.6 Å². The number of hydrogen-bond donors (Lipinski definition) is 3. The molecule has 1 saturated carbocycles. The van der Waals surface area contributed by atoms with E-state index in [1.54, 1.807) is 25.3 Å². The maximum absolute atomic E-state index is 12.4.